The Kier molecular flexibility index (Phi) is 4.97. The number of aromatic nitrogens is 5. The van der Waals surface area contributed by atoms with Gasteiger partial charge in [0.2, 0.25) is 11.9 Å². The highest BCUT2D eigenvalue weighted by Gasteiger charge is 2.11. The largest absolute Gasteiger partial charge is 0.306 e. The van der Waals surface area contributed by atoms with Gasteiger partial charge < -0.3 is 0 Å². The van der Waals surface area contributed by atoms with Crippen LogP contribution >= 0.6 is 0 Å². The van der Waals surface area contributed by atoms with Crippen molar-refractivity contribution in [2.75, 3.05) is 5.32 Å². The molecule has 3 aromatic rings. The van der Waals surface area contributed by atoms with Crippen LogP contribution in [-0.4, -0.2) is 35.4 Å². The Morgan fingerprint density at radius 2 is 2.19 bits per heavy atom. The quantitative estimate of drug-likeness (QED) is 0.505. The molecule has 0 fully saturated rings. The number of carbonyl (C=O) groups excluding carboxylic acids is 1. The van der Waals surface area contributed by atoms with Crippen molar-refractivity contribution in [1.82, 2.24) is 24.5 Å². The summed E-state index contributed by atoms with van der Waals surface area (Å²) in [5.41, 5.74) is 0.580. The lowest BCUT2D eigenvalue weighted by atomic mass is 10.2. The molecule has 0 bridgehead atoms. The van der Waals surface area contributed by atoms with Gasteiger partial charge in [0.1, 0.15) is 24.5 Å². The third-order valence-corrected chi connectivity index (χ3v) is 3.42. The first-order chi connectivity index (χ1) is 12.5. The van der Waals surface area contributed by atoms with E-state index in [2.05, 4.69) is 20.5 Å². The van der Waals surface area contributed by atoms with Crippen LogP contribution < -0.4 is 5.32 Å². The van der Waals surface area contributed by atoms with E-state index in [-0.39, 0.29) is 36.3 Å². The zero-order chi connectivity index (χ0) is 18.5. The van der Waals surface area contributed by atoms with Crippen LogP contribution in [-0.2, 0) is 17.9 Å². The van der Waals surface area contributed by atoms with Crippen LogP contribution in [0.3, 0.4) is 0 Å². The number of halogens is 1. The van der Waals surface area contributed by atoms with E-state index in [0.29, 0.717) is 12.1 Å². The maximum Gasteiger partial charge on any atom is 0.306 e. The van der Waals surface area contributed by atoms with Gasteiger partial charge in [-0.1, -0.05) is 12.1 Å². The van der Waals surface area contributed by atoms with Crippen molar-refractivity contribution in [2.45, 2.75) is 19.5 Å². The van der Waals surface area contributed by atoms with Gasteiger partial charge >= 0.3 is 5.69 Å². The standard InChI is InChI=1S/C15H14FN7O3/c16-12-3-1-2-11(6-12)8-22-10-17-15(20-22)19-14(24)4-5-21-9-13(7-18-21)23(25)26/h1-3,6-7,9-10H,4-5,8H2,(H,19,20,24). The number of hydrogen-bond acceptors (Lipinski definition) is 6. The fourth-order valence-corrected chi connectivity index (χ4v) is 2.22. The second kappa shape index (κ2) is 7.51. The molecule has 0 atom stereocenters. The average molecular weight is 359 g/mol. The van der Waals surface area contributed by atoms with Crippen molar-refractivity contribution < 1.29 is 14.1 Å². The summed E-state index contributed by atoms with van der Waals surface area (Å²) in [4.78, 5) is 25.9. The van der Waals surface area contributed by atoms with Gasteiger partial charge in [-0.05, 0) is 17.7 Å². The van der Waals surface area contributed by atoms with E-state index in [1.807, 2.05) is 0 Å². The first kappa shape index (κ1) is 17.2. The lowest BCUT2D eigenvalue weighted by Crippen LogP contribution is -2.16. The molecule has 0 saturated heterocycles. The smallest absolute Gasteiger partial charge is 0.293 e. The molecule has 0 unspecified atom stereocenters. The second-order valence-electron chi connectivity index (χ2n) is 5.41. The minimum absolute atomic E-state index is 0.0528. The number of carbonyl (C=O) groups is 1. The number of hydrogen-bond donors (Lipinski definition) is 1. The summed E-state index contributed by atoms with van der Waals surface area (Å²) in [6.07, 6.45) is 3.85. The summed E-state index contributed by atoms with van der Waals surface area (Å²) >= 11 is 0. The first-order valence-electron chi connectivity index (χ1n) is 7.60. The Morgan fingerprint density at radius 1 is 1.35 bits per heavy atom. The molecule has 134 valence electrons. The second-order valence-corrected chi connectivity index (χ2v) is 5.41. The highest BCUT2D eigenvalue weighted by molar-refractivity contribution is 5.88. The molecule has 26 heavy (non-hydrogen) atoms. The average Bonchev–Trinajstić information content (AvgIpc) is 3.23. The predicted octanol–water partition coefficient (Wildman–Crippen LogP) is 1.60. The van der Waals surface area contributed by atoms with Crippen LogP contribution in [0.4, 0.5) is 16.0 Å². The summed E-state index contributed by atoms with van der Waals surface area (Å²) in [7, 11) is 0. The molecule has 2 heterocycles. The Morgan fingerprint density at radius 3 is 2.92 bits per heavy atom. The van der Waals surface area contributed by atoms with Crippen molar-refractivity contribution in [3.63, 3.8) is 0 Å². The van der Waals surface area contributed by atoms with Crippen molar-refractivity contribution in [3.05, 3.63) is 64.5 Å². The molecule has 1 N–H and O–H groups in total. The summed E-state index contributed by atoms with van der Waals surface area (Å²) in [6.45, 7) is 0.501. The van der Waals surface area contributed by atoms with Gasteiger partial charge in [-0.25, -0.2) is 14.1 Å². The van der Waals surface area contributed by atoms with Crippen LogP contribution in [0.2, 0.25) is 0 Å². The topological polar surface area (TPSA) is 121 Å². The number of nitrogens with zero attached hydrogens (tertiary/aromatic N) is 6. The van der Waals surface area contributed by atoms with Crippen molar-refractivity contribution in [3.8, 4) is 0 Å². The molecule has 10 nitrogen and oxygen atoms in total. The highest BCUT2D eigenvalue weighted by atomic mass is 19.1. The van der Waals surface area contributed by atoms with Gasteiger partial charge in [0, 0.05) is 13.0 Å². The molecular weight excluding hydrogens is 345 g/mol. The zero-order valence-electron chi connectivity index (χ0n) is 13.4. The summed E-state index contributed by atoms with van der Waals surface area (Å²) in [5.74, 6) is -0.570. The fraction of sp³-hybridized carbons (Fsp3) is 0.200. The van der Waals surface area contributed by atoms with Gasteiger partial charge in [-0.3, -0.25) is 24.9 Å². The molecule has 1 amide bonds. The number of nitrogens with one attached hydrogen (secondary N) is 1. The third-order valence-electron chi connectivity index (χ3n) is 3.42. The van der Waals surface area contributed by atoms with E-state index < -0.39 is 4.92 Å². The van der Waals surface area contributed by atoms with Crippen molar-refractivity contribution in [2.24, 2.45) is 0 Å². The van der Waals surface area contributed by atoms with Gasteiger partial charge in [0.15, 0.2) is 0 Å². The third kappa shape index (κ3) is 4.47. The molecular formula is C15H14FN7O3. The van der Waals surface area contributed by atoms with E-state index >= 15 is 0 Å². The number of rotatable bonds is 7. The molecule has 0 saturated carbocycles. The minimum Gasteiger partial charge on any atom is -0.293 e. The number of benzene rings is 1. The Labute approximate surface area is 146 Å². The molecule has 2 aromatic heterocycles. The molecule has 1 aromatic carbocycles. The normalized spacial score (nSPS) is 10.7. The Balaban J connectivity index is 1.51. The SMILES string of the molecule is O=C(CCn1cc([N+](=O)[O-])cn1)Nc1ncn(Cc2cccc(F)c2)n1. The number of nitro groups is 1. The van der Waals surface area contributed by atoms with E-state index in [1.165, 1.54) is 34.0 Å². The van der Waals surface area contributed by atoms with Crippen LogP contribution in [0.25, 0.3) is 0 Å². The summed E-state index contributed by atoms with van der Waals surface area (Å²) in [6, 6.07) is 6.10. The Hall–Kier alpha value is -3.63. The monoisotopic (exact) mass is 359 g/mol. The highest BCUT2D eigenvalue weighted by Crippen LogP contribution is 2.09. The van der Waals surface area contributed by atoms with Crippen LogP contribution in [0.5, 0.6) is 0 Å². The fourth-order valence-electron chi connectivity index (χ4n) is 2.22. The summed E-state index contributed by atoms with van der Waals surface area (Å²) < 4.78 is 16.0. The lowest BCUT2D eigenvalue weighted by molar-refractivity contribution is -0.385. The number of aryl methyl sites for hydroxylation is 1. The van der Waals surface area contributed by atoms with E-state index in [9.17, 15) is 19.3 Å². The van der Waals surface area contributed by atoms with E-state index in [4.69, 9.17) is 0 Å². The number of anilines is 1. The number of amides is 1. The molecule has 11 heteroatoms. The lowest BCUT2D eigenvalue weighted by Gasteiger charge is -2.02. The molecule has 3 rings (SSSR count). The van der Waals surface area contributed by atoms with Gasteiger partial charge in [0.25, 0.3) is 0 Å². The maximum absolute atomic E-state index is 13.2. The minimum atomic E-state index is -0.557. The summed E-state index contributed by atoms with van der Waals surface area (Å²) in [5, 5.41) is 21.0. The van der Waals surface area contributed by atoms with Crippen LogP contribution in [0.15, 0.2) is 43.0 Å². The molecule has 0 spiro atoms. The zero-order valence-corrected chi connectivity index (χ0v) is 13.4. The van der Waals surface area contributed by atoms with Crippen LogP contribution in [0.1, 0.15) is 12.0 Å². The maximum atomic E-state index is 13.2. The van der Waals surface area contributed by atoms with E-state index in [1.54, 1.807) is 12.1 Å². The Bertz CT molecular complexity index is 937. The van der Waals surface area contributed by atoms with Gasteiger partial charge in [-0.15, -0.1) is 5.10 Å². The van der Waals surface area contributed by atoms with E-state index in [0.717, 1.165) is 6.20 Å². The van der Waals surface area contributed by atoms with Gasteiger partial charge in [0.05, 0.1) is 11.5 Å². The van der Waals surface area contributed by atoms with Crippen LogP contribution in [0, 0.1) is 15.9 Å². The van der Waals surface area contributed by atoms with Crippen molar-refractivity contribution >= 4 is 17.5 Å². The molecule has 0 aliphatic heterocycles. The molecule has 0 aliphatic carbocycles. The van der Waals surface area contributed by atoms with Crippen molar-refractivity contribution in [1.29, 1.82) is 0 Å². The molecule has 0 radical (unpaired) electrons. The molecule has 0 aliphatic rings. The van der Waals surface area contributed by atoms with Gasteiger partial charge in [-0.2, -0.15) is 5.10 Å². The predicted molar refractivity (Wildman–Crippen MR) is 87.7 cm³/mol. The first-order valence-corrected chi connectivity index (χ1v) is 7.60.